The van der Waals surface area contributed by atoms with Crippen LogP contribution in [-0.4, -0.2) is 65.4 Å². The summed E-state index contributed by atoms with van der Waals surface area (Å²) in [6, 6.07) is 20.4. The fourth-order valence-corrected chi connectivity index (χ4v) is 6.80. The van der Waals surface area contributed by atoms with Crippen LogP contribution in [0.2, 0.25) is 0 Å². The summed E-state index contributed by atoms with van der Waals surface area (Å²) >= 11 is 1.76. The van der Waals surface area contributed by atoms with Crippen molar-refractivity contribution < 1.29 is 19.1 Å². The minimum Gasteiger partial charge on any atom is -0.378 e. The van der Waals surface area contributed by atoms with Gasteiger partial charge in [-0.05, 0) is 23.6 Å². The molecule has 2 amide bonds. The lowest BCUT2D eigenvalue weighted by molar-refractivity contribution is -0.122. The highest BCUT2D eigenvalue weighted by Crippen LogP contribution is 2.39. The minimum absolute atomic E-state index is 0.361. The number of nitrogens with one attached hydrogen (secondary N) is 1. The van der Waals surface area contributed by atoms with Crippen molar-refractivity contribution in [2.45, 2.75) is 19.6 Å². The number of rotatable bonds is 2. The van der Waals surface area contributed by atoms with Gasteiger partial charge < -0.3 is 18.6 Å². The van der Waals surface area contributed by atoms with E-state index in [0.29, 0.717) is 44.1 Å². The Hall–Kier alpha value is -4.02. The lowest BCUT2D eigenvalue weighted by Gasteiger charge is -2.22. The van der Waals surface area contributed by atoms with Gasteiger partial charge in [-0.25, -0.2) is 0 Å². The van der Waals surface area contributed by atoms with Crippen molar-refractivity contribution in [1.82, 2.24) is 19.4 Å². The highest BCUT2D eigenvalue weighted by atomic mass is 32.1. The Balaban J connectivity index is 1.35. The zero-order valence-corrected chi connectivity index (χ0v) is 24.1. The fourth-order valence-electron chi connectivity index (χ4n) is 6.05. The number of imide groups is 1. The van der Waals surface area contributed by atoms with E-state index in [9.17, 15) is 9.59 Å². The van der Waals surface area contributed by atoms with Crippen LogP contribution >= 0.6 is 11.3 Å². The van der Waals surface area contributed by atoms with Gasteiger partial charge in [0.1, 0.15) is 0 Å². The predicted molar refractivity (Wildman–Crippen MR) is 165 cm³/mol. The lowest BCUT2D eigenvalue weighted by atomic mass is 9.95. The molecule has 0 fully saturated rings. The van der Waals surface area contributed by atoms with Gasteiger partial charge in [-0.15, -0.1) is 11.3 Å². The number of nitrogens with zero attached hydrogens (tertiary/aromatic N) is 3. The van der Waals surface area contributed by atoms with E-state index in [2.05, 4.69) is 42.9 Å². The molecule has 5 heterocycles. The Labute approximate surface area is 247 Å². The Kier molecular flexibility index (Phi) is 7.48. The van der Waals surface area contributed by atoms with Crippen LogP contribution in [0.4, 0.5) is 0 Å². The van der Waals surface area contributed by atoms with Crippen LogP contribution < -0.4 is 5.32 Å². The van der Waals surface area contributed by atoms with Gasteiger partial charge in [0, 0.05) is 82.9 Å². The molecular formula is C33H32N4O4S. The van der Waals surface area contributed by atoms with Crippen molar-refractivity contribution in [2.75, 3.05) is 39.5 Å². The van der Waals surface area contributed by atoms with E-state index in [4.69, 9.17) is 9.47 Å². The van der Waals surface area contributed by atoms with Gasteiger partial charge >= 0.3 is 0 Å². The predicted octanol–water partition coefficient (Wildman–Crippen LogP) is 4.77. The zero-order chi connectivity index (χ0) is 28.5. The standard InChI is InChI=1S/C33H32N4O4S/c38-32-30-26-21-36(28-9-3-1-7-24(26)28)12-11-35(20-23-6-5-19-42-23)13-15-40-17-18-41-16-14-37-22-27(31(30)33(39)34-32)25-8-2-4-10-29(25)37/h1-10,19,21-22H,11-18,20H2,(H,34,38,39). The van der Waals surface area contributed by atoms with E-state index in [0.717, 1.165) is 59.1 Å². The van der Waals surface area contributed by atoms with E-state index in [1.165, 1.54) is 4.88 Å². The number of thiophene rings is 1. The zero-order valence-electron chi connectivity index (χ0n) is 23.3. The van der Waals surface area contributed by atoms with Gasteiger partial charge in [-0.2, -0.15) is 0 Å². The molecule has 9 heteroatoms. The van der Waals surface area contributed by atoms with Crippen LogP contribution in [0, 0.1) is 0 Å². The van der Waals surface area contributed by atoms with E-state index in [-0.39, 0.29) is 11.8 Å². The lowest BCUT2D eigenvalue weighted by Crippen LogP contribution is -2.30. The second-order valence-electron chi connectivity index (χ2n) is 10.6. The van der Waals surface area contributed by atoms with Gasteiger partial charge in [0.2, 0.25) is 0 Å². The topological polar surface area (TPSA) is 77.7 Å². The number of amides is 2. The highest BCUT2D eigenvalue weighted by Gasteiger charge is 2.35. The molecule has 1 N–H and O–H groups in total. The summed E-state index contributed by atoms with van der Waals surface area (Å²) in [4.78, 5) is 30.6. The average Bonchev–Trinajstić information content (AvgIpc) is 3.78. The number of ether oxygens (including phenoxy) is 2. The number of benzene rings is 2. The SMILES string of the molecule is O=C1NC(=O)C2=C1c1cn(c3ccccc13)CCOCCOCCN(Cc1cccs1)CCn1cc2c2ccccc21. The molecule has 0 unspecified atom stereocenters. The maximum atomic E-state index is 13.5. The maximum Gasteiger partial charge on any atom is 0.259 e. The third-order valence-corrected chi connectivity index (χ3v) is 8.93. The van der Waals surface area contributed by atoms with Gasteiger partial charge in [0.15, 0.2) is 0 Å². The molecule has 2 aliphatic heterocycles. The number of hydrogen-bond donors (Lipinski definition) is 1. The normalized spacial score (nSPS) is 17.7. The molecule has 0 aliphatic carbocycles. The monoisotopic (exact) mass is 580 g/mol. The number of hydrogen-bond acceptors (Lipinski definition) is 6. The molecule has 0 radical (unpaired) electrons. The first-order valence-corrected chi connectivity index (χ1v) is 15.2. The molecule has 7 rings (SSSR count). The van der Waals surface area contributed by atoms with Crippen molar-refractivity contribution in [2.24, 2.45) is 0 Å². The molecule has 4 bridgehead atoms. The van der Waals surface area contributed by atoms with Crippen LogP contribution in [0.5, 0.6) is 0 Å². The molecule has 0 spiro atoms. The molecule has 5 aromatic rings. The van der Waals surface area contributed by atoms with Crippen molar-refractivity contribution in [3.8, 4) is 0 Å². The van der Waals surface area contributed by atoms with Gasteiger partial charge in [0.05, 0.1) is 37.6 Å². The molecule has 214 valence electrons. The van der Waals surface area contributed by atoms with Gasteiger partial charge in [0.25, 0.3) is 11.8 Å². The van der Waals surface area contributed by atoms with E-state index >= 15 is 0 Å². The van der Waals surface area contributed by atoms with Crippen molar-refractivity contribution in [3.63, 3.8) is 0 Å². The molecule has 3 aromatic heterocycles. The van der Waals surface area contributed by atoms with E-state index in [1.807, 2.05) is 54.9 Å². The van der Waals surface area contributed by atoms with Crippen LogP contribution in [0.15, 0.2) is 78.4 Å². The summed E-state index contributed by atoms with van der Waals surface area (Å²) in [5, 5.41) is 6.59. The summed E-state index contributed by atoms with van der Waals surface area (Å²) in [5.41, 5.74) is 4.40. The van der Waals surface area contributed by atoms with E-state index < -0.39 is 0 Å². The molecule has 0 saturated carbocycles. The van der Waals surface area contributed by atoms with Crippen molar-refractivity contribution in [3.05, 3.63) is 94.4 Å². The quantitative estimate of drug-likeness (QED) is 0.305. The molecule has 8 nitrogen and oxygen atoms in total. The van der Waals surface area contributed by atoms with Crippen LogP contribution in [0.1, 0.15) is 16.0 Å². The Morgan fingerprint density at radius 2 is 1.26 bits per heavy atom. The Morgan fingerprint density at radius 3 is 1.88 bits per heavy atom. The number of carbonyl (C=O) groups excluding carboxylic acids is 2. The molecule has 0 saturated heterocycles. The summed E-state index contributed by atoms with van der Waals surface area (Å²) in [6.45, 7) is 5.98. The summed E-state index contributed by atoms with van der Waals surface area (Å²) in [5.74, 6) is -0.725. The number of para-hydroxylation sites is 2. The smallest absolute Gasteiger partial charge is 0.259 e. The van der Waals surface area contributed by atoms with Crippen LogP contribution in [-0.2, 0) is 38.7 Å². The van der Waals surface area contributed by atoms with Crippen molar-refractivity contribution >= 4 is 56.1 Å². The molecule has 42 heavy (non-hydrogen) atoms. The first kappa shape index (κ1) is 26.9. The fraction of sp³-hybridized carbons (Fsp3) is 0.273. The molecule has 2 aliphatic rings. The largest absolute Gasteiger partial charge is 0.378 e. The Bertz CT molecular complexity index is 1800. The van der Waals surface area contributed by atoms with Crippen LogP contribution in [0.3, 0.4) is 0 Å². The summed E-state index contributed by atoms with van der Waals surface area (Å²) in [7, 11) is 0. The molecule has 2 aromatic carbocycles. The van der Waals surface area contributed by atoms with Crippen LogP contribution in [0.25, 0.3) is 33.0 Å². The first-order valence-electron chi connectivity index (χ1n) is 14.3. The van der Waals surface area contributed by atoms with Crippen molar-refractivity contribution in [1.29, 1.82) is 0 Å². The van der Waals surface area contributed by atoms with Gasteiger partial charge in [-0.1, -0.05) is 42.5 Å². The average molecular weight is 581 g/mol. The highest BCUT2D eigenvalue weighted by molar-refractivity contribution is 7.09. The summed E-state index contributed by atoms with van der Waals surface area (Å²) in [6.07, 6.45) is 4.02. The minimum atomic E-state index is -0.365. The molecular weight excluding hydrogens is 548 g/mol. The number of carbonyl (C=O) groups is 2. The van der Waals surface area contributed by atoms with E-state index in [1.54, 1.807) is 11.3 Å². The second-order valence-corrected chi connectivity index (χ2v) is 11.7. The third-order valence-electron chi connectivity index (χ3n) is 8.06. The second kappa shape index (κ2) is 11.7. The van der Waals surface area contributed by atoms with Gasteiger partial charge in [-0.3, -0.25) is 19.8 Å². The first-order chi connectivity index (χ1) is 20.7. The Morgan fingerprint density at radius 1 is 0.667 bits per heavy atom. The third kappa shape index (κ3) is 5.09. The number of fused-ring (bicyclic) bond motifs is 12. The summed E-state index contributed by atoms with van der Waals surface area (Å²) < 4.78 is 16.2. The number of aromatic nitrogens is 2. The maximum absolute atomic E-state index is 13.5. The molecule has 0 atom stereocenters.